The number of benzene rings is 2. The minimum atomic E-state index is -0.137. The molecule has 0 aliphatic rings. The molecule has 0 spiro atoms. The lowest BCUT2D eigenvalue weighted by Crippen LogP contribution is -2.13. The molecule has 4 rings (SSSR count). The van der Waals surface area contributed by atoms with Gasteiger partial charge >= 0.3 is 0 Å². The van der Waals surface area contributed by atoms with Crippen LogP contribution in [0.15, 0.2) is 53.3 Å². The van der Waals surface area contributed by atoms with E-state index in [4.69, 9.17) is 16.3 Å². The van der Waals surface area contributed by atoms with Crippen LogP contribution in [0.5, 0.6) is 5.75 Å². The first-order valence-corrected chi connectivity index (χ1v) is 9.50. The van der Waals surface area contributed by atoms with Crippen molar-refractivity contribution >= 4 is 28.4 Å². The molecule has 0 aliphatic carbocycles. The van der Waals surface area contributed by atoms with Crippen LogP contribution in [-0.2, 0) is 13.5 Å². The summed E-state index contributed by atoms with van der Waals surface area (Å²) in [5, 5.41) is 4.54. The fourth-order valence-corrected chi connectivity index (χ4v) is 3.75. The molecule has 0 saturated carbocycles. The molecule has 148 valence electrons. The van der Waals surface area contributed by atoms with Gasteiger partial charge in [-0.05, 0) is 55.0 Å². The number of H-pyrrole nitrogens is 1. The number of nitrogens with zero attached hydrogens (tertiary/aromatic N) is 2. The molecule has 2 heterocycles. The van der Waals surface area contributed by atoms with E-state index < -0.39 is 0 Å². The second-order valence-electron chi connectivity index (χ2n) is 6.95. The molecule has 6 nitrogen and oxygen atoms in total. The van der Waals surface area contributed by atoms with E-state index in [1.165, 1.54) is 4.68 Å². The molecule has 2 aromatic carbocycles. The normalized spacial score (nSPS) is 11.2. The van der Waals surface area contributed by atoms with Crippen LogP contribution in [0.25, 0.3) is 10.9 Å². The van der Waals surface area contributed by atoms with Gasteiger partial charge < -0.3 is 4.74 Å². The van der Waals surface area contributed by atoms with Crippen LogP contribution in [0.3, 0.4) is 0 Å². The second-order valence-corrected chi connectivity index (χ2v) is 7.39. The van der Waals surface area contributed by atoms with Crippen LogP contribution in [0.4, 0.5) is 0 Å². The number of ether oxygens (including phenoxy) is 1. The molecule has 7 heteroatoms. The highest BCUT2D eigenvalue weighted by Gasteiger charge is 2.21. The van der Waals surface area contributed by atoms with Crippen LogP contribution in [0.2, 0.25) is 5.02 Å². The number of carbonyl (C=O) groups excluding carboxylic acids is 1. The van der Waals surface area contributed by atoms with E-state index in [1.807, 2.05) is 25.1 Å². The maximum absolute atomic E-state index is 13.3. The average molecular weight is 410 g/mol. The van der Waals surface area contributed by atoms with E-state index in [-0.39, 0.29) is 11.5 Å². The van der Waals surface area contributed by atoms with E-state index in [0.717, 1.165) is 27.9 Å². The van der Waals surface area contributed by atoms with Gasteiger partial charge in [-0.25, -0.2) is 0 Å². The molecule has 2 aromatic heterocycles. The number of aromatic amines is 1. The van der Waals surface area contributed by atoms with Gasteiger partial charge in [0.2, 0.25) is 0 Å². The summed E-state index contributed by atoms with van der Waals surface area (Å²) in [5.41, 5.74) is 3.79. The van der Waals surface area contributed by atoms with Crippen LogP contribution in [0, 0.1) is 6.92 Å². The molecule has 0 fully saturated rings. The van der Waals surface area contributed by atoms with Crippen molar-refractivity contribution in [3.8, 4) is 5.75 Å². The highest BCUT2D eigenvalue weighted by molar-refractivity contribution is 6.30. The lowest BCUT2D eigenvalue weighted by molar-refractivity contribution is 0.0963. The average Bonchev–Trinajstić information content (AvgIpc) is 3.17. The summed E-state index contributed by atoms with van der Waals surface area (Å²) in [6.07, 6.45) is 0.493. The van der Waals surface area contributed by atoms with Gasteiger partial charge in [0.25, 0.3) is 11.5 Å². The van der Waals surface area contributed by atoms with Crippen LogP contribution in [0.1, 0.15) is 27.3 Å². The zero-order valence-electron chi connectivity index (χ0n) is 16.3. The molecule has 0 saturated heterocycles. The molecule has 0 radical (unpaired) electrons. The largest absolute Gasteiger partial charge is 0.497 e. The Hall–Kier alpha value is -3.25. The third kappa shape index (κ3) is 3.36. The zero-order chi connectivity index (χ0) is 20.7. The molecule has 0 bridgehead atoms. The first-order chi connectivity index (χ1) is 13.9. The molecule has 29 heavy (non-hydrogen) atoms. The quantitative estimate of drug-likeness (QED) is 0.555. The fourth-order valence-electron chi connectivity index (χ4n) is 3.63. The van der Waals surface area contributed by atoms with Crippen LogP contribution >= 0.6 is 11.6 Å². The fraction of sp³-hybridized carbons (Fsp3) is 0.182. The maximum atomic E-state index is 13.3. The molecular formula is C22H20ClN3O3. The summed E-state index contributed by atoms with van der Waals surface area (Å²) in [4.78, 5) is 25.1. The van der Waals surface area contributed by atoms with Gasteiger partial charge in [0, 0.05) is 46.9 Å². The monoisotopic (exact) mass is 409 g/mol. The van der Waals surface area contributed by atoms with Gasteiger partial charge in [-0.1, -0.05) is 11.6 Å². The topological polar surface area (TPSA) is 69.0 Å². The van der Waals surface area contributed by atoms with Crippen LogP contribution < -0.4 is 10.3 Å². The maximum Gasteiger partial charge on any atom is 0.266 e. The number of hydrogen-bond acceptors (Lipinski definition) is 3. The molecule has 0 amide bonds. The van der Waals surface area contributed by atoms with Gasteiger partial charge in [-0.3, -0.25) is 23.9 Å². The van der Waals surface area contributed by atoms with E-state index in [9.17, 15) is 9.59 Å². The Morgan fingerprint density at radius 3 is 2.48 bits per heavy atom. The van der Waals surface area contributed by atoms with E-state index in [1.54, 1.807) is 49.1 Å². The Bertz CT molecular complexity index is 1280. The van der Waals surface area contributed by atoms with Crippen molar-refractivity contribution in [3.63, 3.8) is 0 Å². The number of fused-ring (bicyclic) bond motifs is 1. The molecular weight excluding hydrogens is 390 g/mol. The minimum Gasteiger partial charge on any atom is -0.497 e. The number of hydrogen-bond donors (Lipinski definition) is 1. The number of carbonyl (C=O) groups is 1. The lowest BCUT2D eigenvalue weighted by atomic mass is 10.1. The number of aromatic nitrogens is 3. The third-order valence-corrected chi connectivity index (χ3v) is 5.39. The summed E-state index contributed by atoms with van der Waals surface area (Å²) < 4.78 is 8.52. The Morgan fingerprint density at radius 2 is 1.86 bits per heavy atom. The van der Waals surface area contributed by atoms with Crippen molar-refractivity contribution in [1.29, 1.82) is 0 Å². The third-order valence-electron chi connectivity index (χ3n) is 5.14. The predicted molar refractivity (Wildman–Crippen MR) is 113 cm³/mol. The molecule has 0 unspecified atom stereocenters. The van der Waals surface area contributed by atoms with Crippen molar-refractivity contribution in [2.24, 2.45) is 7.05 Å². The van der Waals surface area contributed by atoms with Crippen LogP contribution in [-0.4, -0.2) is 27.4 Å². The second kappa shape index (κ2) is 7.29. The molecule has 4 aromatic rings. The molecule has 0 aliphatic heterocycles. The van der Waals surface area contributed by atoms with Gasteiger partial charge in [0.05, 0.1) is 12.6 Å². The van der Waals surface area contributed by atoms with Gasteiger partial charge in [0.1, 0.15) is 5.75 Å². The SMILES string of the molecule is COc1ccc2c(c1)c(Cc1cc(=O)n(C)[nH]1)c(C)n2C(=O)c1ccc(Cl)cc1. The number of methoxy groups -OCH3 is 1. The Kier molecular flexibility index (Phi) is 4.80. The number of rotatable bonds is 4. The smallest absolute Gasteiger partial charge is 0.266 e. The summed E-state index contributed by atoms with van der Waals surface area (Å²) in [6.45, 7) is 1.91. The number of aryl methyl sites for hydroxylation is 1. The molecule has 0 atom stereocenters. The Morgan fingerprint density at radius 1 is 1.14 bits per heavy atom. The van der Waals surface area contributed by atoms with Crippen molar-refractivity contribution in [2.45, 2.75) is 13.3 Å². The summed E-state index contributed by atoms with van der Waals surface area (Å²) in [7, 11) is 3.29. The summed E-state index contributed by atoms with van der Waals surface area (Å²) in [5.74, 6) is 0.568. The van der Waals surface area contributed by atoms with E-state index in [0.29, 0.717) is 22.8 Å². The van der Waals surface area contributed by atoms with E-state index >= 15 is 0 Å². The Labute approximate surface area is 172 Å². The highest BCUT2D eigenvalue weighted by atomic mass is 35.5. The van der Waals surface area contributed by atoms with Gasteiger partial charge in [-0.2, -0.15) is 0 Å². The Balaban J connectivity index is 1.90. The van der Waals surface area contributed by atoms with Crippen molar-refractivity contribution in [2.75, 3.05) is 7.11 Å². The predicted octanol–water partition coefficient (Wildman–Crippen LogP) is 3.92. The summed E-state index contributed by atoms with van der Waals surface area (Å²) in [6, 6.07) is 14.0. The van der Waals surface area contributed by atoms with E-state index in [2.05, 4.69) is 5.10 Å². The lowest BCUT2D eigenvalue weighted by Gasteiger charge is -2.08. The zero-order valence-corrected chi connectivity index (χ0v) is 17.1. The van der Waals surface area contributed by atoms with Gasteiger partial charge in [-0.15, -0.1) is 0 Å². The standard InChI is InChI=1S/C22H20ClN3O3/c1-13-18(10-16-11-21(27)25(2)24-16)19-12-17(29-3)8-9-20(19)26(13)22(28)14-4-6-15(23)7-5-14/h4-9,11-12,24H,10H2,1-3H3. The number of nitrogens with one attached hydrogen (secondary N) is 1. The van der Waals surface area contributed by atoms with Crippen molar-refractivity contribution in [1.82, 2.24) is 14.3 Å². The highest BCUT2D eigenvalue weighted by Crippen LogP contribution is 2.31. The minimum absolute atomic E-state index is 0.101. The summed E-state index contributed by atoms with van der Waals surface area (Å²) >= 11 is 5.97. The number of halogens is 1. The molecule has 1 N–H and O–H groups in total. The van der Waals surface area contributed by atoms with Crippen molar-refractivity contribution in [3.05, 3.63) is 86.4 Å². The first-order valence-electron chi connectivity index (χ1n) is 9.12. The van der Waals surface area contributed by atoms with Gasteiger partial charge in [0.15, 0.2) is 0 Å². The van der Waals surface area contributed by atoms with Crippen molar-refractivity contribution < 1.29 is 9.53 Å². The first kappa shape index (κ1) is 19.1.